The molecule has 0 bridgehead atoms. The molecular weight excluding hydrogens is 408 g/mol. The Hall–Kier alpha value is -3.35. The lowest BCUT2D eigenvalue weighted by Gasteiger charge is -2.28. The second-order valence-corrected chi connectivity index (χ2v) is 8.22. The SMILES string of the molecule is CCC(CC)(NC(=O)C[C@@H](C)NC(=O)OCC1c2ccccc2-c2ccccc21)C(=O)O. The summed E-state index contributed by atoms with van der Waals surface area (Å²) < 4.78 is 5.50. The molecule has 1 aliphatic carbocycles. The molecule has 170 valence electrons. The molecule has 1 aliphatic rings. The zero-order chi connectivity index (χ0) is 23.3. The lowest BCUT2D eigenvalue weighted by Crippen LogP contribution is -2.54. The number of ether oxygens (including phenoxy) is 1. The van der Waals surface area contributed by atoms with Crippen LogP contribution in [0.1, 0.15) is 57.1 Å². The normalized spacial score (nSPS) is 13.6. The number of benzene rings is 2. The number of carbonyl (C=O) groups is 3. The zero-order valence-corrected chi connectivity index (χ0v) is 18.7. The molecule has 1 atom stereocenters. The molecule has 0 unspecified atom stereocenters. The first-order valence-electron chi connectivity index (χ1n) is 11.0. The van der Waals surface area contributed by atoms with E-state index in [1.165, 1.54) is 0 Å². The number of rotatable bonds is 9. The molecule has 0 aliphatic heterocycles. The summed E-state index contributed by atoms with van der Waals surface area (Å²) in [5, 5.41) is 14.7. The molecule has 3 rings (SSSR count). The topological polar surface area (TPSA) is 105 Å². The van der Waals surface area contributed by atoms with Crippen LogP contribution in [0.15, 0.2) is 48.5 Å². The summed E-state index contributed by atoms with van der Waals surface area (Å²) in [7, 11) is 0. The zero-order valence-electron chi connectivity index (χ0n) is 18.7. The van der Waals surface area contributed by atoms with Gasteiger partial charge in [0.15, 0.2) is 0 Å². The molecular formula is C25H30N2O5. The monoisotopic (exact) mass is 438 g/mol. The first-order valence-corrected chi connectivity index (χ1v) is 11.0. The molecule has 7 nitrogen and oxygen atoms in total. The maximum Gasteiger partial charge on any atom is 0.407 e. The number of nitrogens with one attached hydrogen (secondary N) is 2. The van der Waals surface area contributed by atoms with Crippen LogP contribution in [0.25, 0.3) is 11.1 Å². The van der Waals surface area contributed by atoms with Crippen molar-refractivity contribution in [3.63, 3.8) is 0 Å². The van der Waals surface area contributed by atoms with Gasteiger partial charge in [0.05, 0.1) is 0 Å². The van der Waals surface area contributed by atoms with Gasteiger partial charge in [0.1, 0.15) is 12.1 Å². The molecule has 2 aromatic carbocycles. The lowest BCUT2D eigenvalue weighted by molar-refractivity contribution is -0.148. The number of hydrogen-bond donors (Lipinski definition) is 3. The number of aliphatic carboxylic acids is 1. The van der Waals surface area contributed by atoms with Crippen LogP contribution in [0.2, 0.25) is 0 Å². The van der Waals surface area contributed by atoms with Gasteiger partial charge >= 0.3 is 12.1 Å². The van der Waals surface area contributed by atoms with E-state index < -0.39 is 29.6 Å². The average molecular weight is 439 g/mol. The number of carboxylic acids is 1. The molecule has 3 N–H and O–H groups in total. The molecule has 2 amide bonds. The predicted octanol–water partition coefficient (Wildman–Crippen LogP) is 4.06. The van der Waals surface area contributed by atoms with Gasteiger partial charge in [-0.3, -0.25) is 4.79 Å². The Morgan fingerprint density at radius 1 is 1.00 bits per heavy atom. The smallest absolute Gasteiger partial charge is 0.407 e. The highest BCUT2D eigenvalue weighted by atomic mass is 16.5. The Morgan fingerprint density at radius 3 is 2.03 bits per heavy atom. The minimum atomic E-state index is -1.29. The predicted molar refractivity (Wildman–Crippen MR) is 121 cm³/mol. The van der Waals surface area contributed by atoms with Gasteiger partial charge in [0.25, 0.3) is 0 Å². The summed E-state index contributed by atoms with van der Waals surface area (Å²) in [6.07, 6.45) is -0.0980. The van der Waals surface area contributed by atoms with Crippen LogP contribution in [-0.2, 0) is 14.3 Å². The summed E-state index contributed by atoms with van der Waals surface area (Å²) in [5.74, 6) is -1.53. The standard InChI is InChI=1S/C25H30N2O5/c1-4-25(5-2,23(29)30)27-22(28)14-16(3)26-24(31)32-15-21-19-12-8-6-10-17(19)18-11-7-9-13-20(18)21/h6-13,16,21H,4-5,14-15H2,1-3H3,(H,26,31)(H,27,28)(H,29,30)/t16-/m1/s1. The molecule has 0 heterocycles. The van der Waals surface area contributed by atoms with Crippen LogP contribution < -0.4 is 10.6 Å². The largest absolute Gasteiger partial charge is 0.480 e. The second-order valence-electron chi connectivity index (χ2n) is 8.22. The number of carbonyl (C=O) groups excluding carboxylic acids is 2. The minimum absolute atomic E-state index is 0.0424. The third-order valence-electron chi connectivity index (χ3n) is 6.19. The van der Waals surface area contributed by atoms with Crippen molar-refractivity contribution in [1.82, 2.24) is 10.6 Å². The fourth-order valence-corrected chi connectivity index (χ4v) is 4.27. The Morgan fingerprint density at radius 2 is 1.53 bits per heavy atom. The van der Waals surface area contributed by atoms with Crippen molar-refractivity contribution in [2.75, 3.05) is 6.61 Å². The highest BCUT2D eigenvalue weighted by Gasteiger charge is 2.36. The van der Waals surface area contributed by atoms with Crippen LogP contribution in [0.5, 0.6) is 0 Å². The van der Waals surface area contributed by atoms with Crippen molar-refractivity contribution in [1.29, 1.82) is 0 Å². The van der Waals surface area contributed by atoms with Crippen molar-refractivity contribution < 1.29 is 24.2 Å². The Balaban J connectivity index is 1.55. The van der Waals surface area contributed by atoms with E-state index in [9.17, 15) is 19.5 Å². The quantitative estimate of drug-likeness (QED) is 0.548. The molecule has 0 spiro atoms. The summed E-state index contributed by atoms with van der Waals surface area (Å²) >= 11 is 0. The van der Waals surface area contributed by atoms with Crippen LogP contribution in [0.3, 0.4) is 0 Å². The van der Waals surface area contributed by atoms with Gasteiger partial charge in [-0.15, -0.1) is 0 Å². The number of carboxylic acid groups (broad SMARTS) is 1. The maximum absolute atomic E-state index is 12.4. The number of fused-ring (bicyclic) bond motifs is 3. The van der Waals surface area contributed by atoms with Crippen LogP contribution in [0, 0.1) is 0 Å². The van der Waals surface area contributed by atoms with Gasteiger partial charge in [0.2, 0.25) is 5.91 Å². The van der Waals surface area contributed by atoms with Crippen LogP contribution >= 0.6 is 0 Å². The van der Waals surface area contributed by atoms with Gasteiger partial charge in [0, 0.05) is 18.4 Å². The van der Waals surface area contributed by atoms with E-state index in [0.29, 0.717) is 0 Å². The minimum Gasteiger partial charge on any atom is -0.480 e. The fourth-order valence-electron chi connectivity index (χ4n) is 4.27. The average Bonchev–Trinajstić information content (AvgIpc) is 3.09. The van der Waals surface area contributed by atoms with E-state index in [1.54, 1.807) is 20.8 Å². The Bertz CT molecular complexity index is 954. The van der Waals surface area contributed by atoms with Crippen molar-refractivity contribution in [2.24, 2.45) is 0 Å². The highest BCUT2D eigenvalue weighted by molar-refractivity contribution is 5.87. The van der Waals surface area contributed by atoms with E-state index >= 15 is 0 Å². The summed E-state index contributed by atoms with van der Waals surface area (Å²) in [5.41, 5.74) is 3.25. The van der Waals surface area contributed by atoms with E-state index in [0.717, 1.165) is 22.3 Å². The van der Waals surface area contributed by atoms with Crippen molar-refractivity contribution >= 4 is 18.0 Å². The van der Waals surface area contributed by atoms with E-state index in [2.05, 4.69) is 22.8 Å². The van der Waals surface area contributed by atoms with Crippen LogP contribution in [0.4, 0.5) is 4.79 Å². The molecule has 0 saturated carbocycles. The van der Waals surface area contributed by atoms with Crippen molar-refractivity contribution in [3.05, 3.63) is 59.7 Å². The first kappa shape index (κ1) is 23.3. The molecule has 2 aromatic rings. The summed E-state index contributed by atoms with van der Waals surface area (Å²) in [4.78, 5) is 36.3. The fraction of sp³-hybridized carbons (Fsp3) is 0.400. The third kappa shape index (κ3) is 4.77. The molecule has 0 fully saturated rings. The highest BCUT2D eigenvalue weighted by Crippen LogP contribution is 2.44. The lowest BCUT2D eigenvalue weighted by atomic mass is 9.92. The second kappa shape index (κ2) is 9.85. The van der Waals surface area contributed by atoms with Gasteiger partial charge in [-0.25, -0.2) is 9.59 Å². The summed E-state index contributed by atoms with van der Waals surface area (Å²) in [6, 6.07) is 15.7. The Kier molecular flexibility index (Phi) is 7.18. The van der Waals surface area contributed by atoms with E-state index in [1.807, 2.05) is 36.4 Å². The molecule has 0 aromatic heterocycles. The maximum atomic E-state index is 12.4. The van der Waals surface area contributed by atoms with Gasteiger partial charge in [-0.05, 0) is 42.0 Å². The number of amides is 2. The van der Waals surface area contributed by atoms with E-state index in [4.69, 9.17) is 4.74 Å². The molecule has 32 heavy (non-hydrogen) atoms. The summed E-state index contributed by atoms with van der Waals surface area (Å²) in [6.45, 7) is 5.31. The van der Waals surface area contributed by atoms with Crippen LogP contribution in [-0.4, -0.2) is 41.3 Å². The van der Waals surface area contributed by atoms with Gasteiger partial charge < -0.3 is 20.5 Å². The van der Waals surface area contributed by atoms with Crippen molar-refractivity contribution in [3.8, 4) is 11.1 Å². The van der Waals surface area contributed by atoms with Crippen molar-refractivity contribution in [2.45, 2.75) is 57.5 Å². The third-order valence-corrected chi connectivity index (χ3v) is 6.19. The number of hydrogen-bond acceptors (Lipinski definition) is 4. The molecule has 0 saturated heterocycles. The van der Waals surface area contributed by atoms with Gasteiger partial charge in [-0.2, -0.15) is 0 Å². The van der Waals surface area contributed by atoms with E-state index in [-0.39, 0.29) is 31.8 Å². The Labute approximate surface area is 188 Å². The molecule has 7 heteroatoms. The number of alkyl carbamates (subject to hydrolysis) is 1. The van der Waals surface area contributed by atoms with Gasteiger partial charge in [-0.1, -0.05) is 62.4 Å². The first-order chi connectivity index (χ1) is 15.3. The molecule has 0 radical (unpaired) electrons.